The highest BCUT2D eigenvalue weighted by Gasteiger charge is 2.06. The zero-order valence-electron chi connectivity index (χ0n) is 15.8. The van der Waals surface area contributed by atoms with Crippen LogP contribution in [0.25, 0.3) is 6.08 Å². The van der Waals surface area contributed by atoms with Crippen LogP contribution in [-0.2, 0) is 6.61 Å². The van der Waals surface area contributed by atoms with Crippen molar-refractivity contribution in [3.05, 3.63) is 99.5 Å². The molecule has 0 fully saturated rings. The van der Waals surface area contributed by atoms with Crippen LogP contribution in [0.1, 0.15) is 27.0 Å². The van der Waals surface area contributed by atoms with Crippen LogP contribution in [-0.4, -0.2) is 12.9 Å². The van der Waals surface area contributed by atoms with E-state index in [4.69, 9.17) is 14.7 Å². The first kappa shape index (κ1) is 20.4. The minimum Gasteiger partial charge on any atom is -0.496 e. The number of ether oxygens (including phenoxy) is 2. The predicted octanol–water partition coefficient (Wildman–Crippen LogP) is 5.80. The lowest BCUT2D eigenvalue weighted by Crippen LogP contribution is -1.99. The van der Waals surface area contributed by atoms with Gasteiger partial charge in [-0.3, -0.25) is 4.79 Å². The van der Waals surface area contributed by atoms with E-state index in [1.807, 2.05) is 30.3 Å². The largest absolute Gasteiger partial charge is 0.496 e. The number of allylic oxidation sites excluding steroid dienone is 1. The first-order chi connectivity index (χ1) is 14.1. The zero-order valence-corrected chi connectivity index (χ0v) is 17.3. The van der Waals surface area contributed by atoms with Crippen LogP contribution in [0, 0.1) is 11.3 Å². The van der Waals surface area contributed by atoms with Gasteiger partial charge in [-0.15, -0.1) is 0 Å². The molecule has 0 unspecified atom stereocenters. The maximum absolute atomic E-state index is 12.3. The van der Waals surface area contributed by atoms with Crippen LogP contribution in [0.3, 0.4) is 0 Å². The molecule has 3 aromatic rings. The molecule has 0 aliphatic carbocycles. The molecule has 0 aromatic heterocycles. The van der Waals surface area contributed by atoms with Gasteiger partial charge in [0.1, 0.15) is 18.1 Å². The number of ketones is 1. The van der Waals surface area contributed by atoms with Crippen molar-refractivity contribution in [3.63, 3.8) is 0 Å². The highest BCUT2D eigenvalue weighted by atomic mass is 79.9. The summed E-state index contributed by atoms with van der Waals surface area (Å²) in [6.07, 6.45) is 3.32. The normalized spacial score (nSPS) is 10.5. The van der Waals surface area contributed by atoms with Gasteiger partial charge in [0.15, 0.2) is 5.78 Å². The van der Waals surface area contributed by atoms with Gasteiger partial charge in [-0.25, -0.2) is 0 Å². The second-order valence-electron chi connectivity index (χ2n) is 6.20. The maximum Gasteiger partial charge on any atom is 0.185 e. The fourth-order valence-corrected chi connectivity index (χ4v) is 2.95. The highest BCUT2D eigenvalue weighted by Crippen LogP contribution is 2.23. The Morgan fingerprint density at radius 2 is 1.79 bits per heavy atom. The summed E-state index contributed by atoms with van der Waals surface area (Å²) in [5.74, 6) is 1.30. The molecule has 3 aromatic carbocycles. The van der Waals surface area contributed by atoms with Gasteiger partial charge in [0.2, 0.25) is 0 Å². The lowest BCUT2D eigenvalue weighted by atomic mass is 10.1. The van der Waals surface area contributed by atoms with Crippen molar-refractivity contribution in [3.8, 4) is 17.6 Å². The molecule has 0 amide bonds. The van der Waals surface area contributed by atoms with E-state index in [2.05, 4.69) is 22.0 Å². The second-order valence-corrected chi connectivity index (χ2v) is 7.12. The molecular formula is C24H18BrNO3. The summed E-state index contributed by atoms with van der Waals surface area (Å²) in [5, 5.41) is 8.87. The van der Waals surface area contributed by atoms with Crippen LogP contribution < -0.4 is 9.47 Å². The van der Waals surface area contributed by atoms with Gasteiger partial charge >= 0.3 is 0 Å². The molecule has 0 aliphatic heterocycles. The van der Waals surface area contributed by atoms with Crippen molar-refractivity contribution < 1.29 is 14.3 Å². The molecule has 0 bridgehead atoms. The number of hydrogen-bond acceptors (Lipinski definition) is 4. The van der Waals surface area contributed by atoms with E-state index in [1.165, 1.54) is 0 Å². The van der Waals surface area contributed by atoms with Crippen molar-refractivity contribution in [2.75, 3.05) is 7.11 Å². The average molecular weight is 448 g/mol. The molecule has 3 rings (SSSR count). The number of carbonyl (C=O) groups excluding carboxylic acids is 1. The van der Waals surface area contributed by atoms with Crippen molar-refractivity contribution in [2.45, 2.75) is 6.61 Å². The maximum atomic E-state index is 12.3. The smallest absolute Gasteiger partial charge is 0.185 e. The fourth-order valence-electron chi connectivity index (χ4n) is 2.68. The summed E-state index contributed by atoms with van der Waals surface area (Å²) in [4.78, 5) is 12.3. The standard InChI is InChI=1S/C24H18BrNO3/c1-28-24-13-5-17(4-12-23(27)19-6-8-21(25)9-7-19)14-20(24)16-29-22-10-2-18(15-26)3-11-22/h2-14H,16H2,1H3/b12-4+. The number of halogens is 1. The lowest BCUT2D eigenvalue weighted by molar-refractivity contribution is 0.104. The van der Waals surface area contributed by atoms with Crippen LogP contribution in [0.15, 0.2) is 77.3 Å². The van der Waals surface area contributed by atoms with Gasteiger partial charge in [0.05, 0.1) is 18.7 Å². The van der Waals surface area contributed by atoms with E-state index in [0.717, 1.165) is 15.6 Å². The Labute approximate surface area is 178 Å². The van der Waals surface area contributed by atoms with Crippen molar-refractivity contribution >= 4 is 27.8 Å². The zero-order chi connectivity index (χ0) is 20.6. The number of nitriles is 1. The molecule has 0 spiro atoms. The SMILES string of the molecule is COc1ccc(/C=C/C(=O)c2ccc(Br)cc2)cc1COc1ccc(C#N)cc1. The highest BCUT2D eigenvalue weighted by molar-refractivity contribution is 9.10. The Hall–Kier alpha value is -3.36. The summed E-state index contributed by atoms with van der Waals surface area (Å²) < 4.78 is 12.2. The molecule has 0 radical (unpaired) electrons. The average Bonchev–Trinajstić information content (AvgIpc) is 2.77. The molecule has 5 heteroatoms. The second kappa shape index (κ2) is 9.72. The van der Waals surface area contributed by atoms with Crippen LogP contribution in [0.2, 0.25) is 0 Å². The Morgan fingerprint density at radius 1 is 1.07 bits per heavy atom. The van der Waals surface area contributed by atoms with E-state index < -0.39 is 0 Å². The lowest BCUT2D eigenvalue weighted by Gasteiger charge is -2.11. The molecule has 0 atom stereocenters. The van der Waals surface area contributed by atoms with Crippen LogP contribution in [0.4, 0.5) is 0 Å². The monoisotopic (exact) mass is 447 g/mol. The fraction of sp³-hybridized carbons (Fsp3) is 0.0833. The van der Waals surface area contributed by atoms with Crippen molar-refractivity contribution in [1.82, 2.24) is 0 Å². The Bertz CT molecular complexity index is 1060. The number of rotatable bonds is 7. The molecule has 0 saturated heterocycles. The van der Waals surface area contributed by atoms with Crippen molar-refractivity contribution in [1.29, 1.82) is 5.26 Å². The Kier molecular flexibility index (Phi) is 6.83. The molecule has 0 N–H and O–H groups in total. The van der Waals surface area contributed by atoms with E-state index in [-0.39, 0.29) is 5.78 Å². The van der Waals surface area contributed by atoms with E-state index in [9.17, 15) is 4.79 Å². The first-order valence-electron chi connectivity index (χ1n) is 8.87. The van der Waals surface area contributed by atoms with Gasteiger partial charge < -0.3 is 9.47 Å². The molecule has 29 heavy (non-hydrogen) atoms. The molecule has 0 aliphatic rings. The minimum atomic E-state index is -0.0660. The van der Waals surface area contributed by atoms with Gasteiger partial charge in [-0.2, -0.15) is 5.26 Å². The summed E-state index contributed by atoms with van der Waals surface area (Å²) in [7, 11) is 1.60. The molecule has 0 heterocycles. The summed E-state index contributed by atoms with van der Waals surface area (Å²) in [6, 6.07) is 21.9. The Morgan fingerprint density at radius 3 is 2.45 bits per heavy atom. The van der Waals surface area contributed by atoms with Gasteiger partial charge in [0, 0.05) is 15.6 Å². The van der Waals surface area contributed by atoms with Crippen LogP contribution >= 0.6 is 15.9 Å². The van der Waals surface area contributed by atoms with Gasteiger partial charge in [-0.05, 0) is 72.3 Å². The van der Waals surface area contributed by atoms with E-state index in [1.54, 1.807) is 55.7 Å². The number of methoxy groups -OCH3 is 1. The number of benzene rings is 3. The van der Waals surface area contributed by atoms with Crippen LogP contribution in [0.5, 0.6) is 11.5 Å². The first-order valence-corrected chi connectivity index (χ1v) is 9.66. The topological polar surface area (TPSA) is 59.3 Å². The van der Waals surface area contributed by atoms with Gasteiger partial charge in [0.25, 0.3) is 0 Å². The third-order valence-electron chi connectivity index (χ3n) is 4.24. The van der Waals surface area contributed by atoms with Gasteiger partial charge in [-0.1, -0.05) is 28.1 Å². The Balaban J connectivity index is 1.72. The molecule has 4 nitrogen and oxygen atoms in total. The number of nitrogens with zero attached hydrogens (tertiary/aromatic N) is 1. The van der Waals surface area contributed by atoms with Crippen molar-refractivity contribution in [2.24, 2.45) is 0 Å². The molecular weight excluding hydrogens is 430 g/mol. The summed E-state index contributed by atoms with van der Waals surface area (Å²) in [6.45, 7) is 0.303. The number of carbonyl (C=O) groups is 1. The van der Waals surface area contributed by atoms with E-state index in [0.29, 0.717) is 29.2 Å². The molecule has 0 saturated carbocycles. The third kappa shape index (κ3) is 5.56. The van der Waals surface area contributed by atoms with E-state index >= 15 is 0 Å². The summed E-state index contributed by atoms with van der Waals surface area (Å²) >= 11 is 3.36. The minimum absolute atomic E-state index is 0.0660. The number of hydrogen-bond donors (Lipinski definition) is 0. The third-order valence-corrected chi connectivity index (χ3v) is 4.77. The molecule has 144 valence electrons. The quantitative estimate of drug-likeness (QED) is 0.338. The predicted molar refractivity (Wildman–Crippen MR) is 116 cm³/mol. The summed E-state index contributed by atoms with van der Waals surface area (Å²) in [5.41, 5.74) is 2.93.